The van der Waals surface area contributed by atoms with E-state index in [0.717, 1.165) is 46.4 Å². The molecule has 1 aliphatic rings. The molecule has 0 amide bonds. The molecular weight excluding hydrogens is 1470 g/mol. The number of hydrogen-bond donors (Lipinski definition) is 1. The van der Waals surface area contributed by atoms with Crippen molar-refractivity contribution in [3.05, 3.63) is 183 Å². The zero-order valence-electron chi connectivity index (χ0n) is 51.0. The molecule has 1 fully saturated rings. The van der Waals surface area contributed by atoms with E-state index >= 15 is 0 Å². The van der Waals surface area contributed by atoms with E-state index in [4.69, 9.17) is 54.4 Å². The zero-order chi connectivity index (χ0) is 67.4. The Morgan fingerprint density at radius 1 is 0.580 bits per heavy atom. The molecule has 19 nitrogen and oxygen atoms in total. The van der Waals surface area contributed by atoms with Crippen LogP contribution in [0.4, 0.5) is 0 Å². The molecule has 6 rings (SSSR count). The van der Waals surface area contributed by atoms with Crippen LogP contribution in [0.5, 0.6) is 0 Å². The Morgan fingerprint density at radius 3 is 1.18 bits per heavy atom. The van der Waals surface area contributed by atoms with Gasteiger partial charge < -0.3 is 54.8 Å². The van der Waals surface area contributed by atoms with Crippen molar-refractivity contribution in [2.24, 2.45) is 0 Å². The summed E-state index contributed by atoms with van der Waals surface area (Å²) in [6, 6.07) is 30.3. The van der Waals surface area contributed by atoms with Gasteiger partial charge in [-0.1, -0.05) is 69.8 Å². The van der Waals surface area contributed by atoms with E-state index in [2.05, 4.69) is 110 Å². The van der Waals surface area contributed by atoms with Crippen molar-refractivity contribution >= 4 is 137 Å². The normalized spacial score (nSPS) is 12.2. The number of alkyl halides is 1. The van der Waals surface area contributed by atoms with Crippen molar-refractivity contribution in [3.8, 4) is 12.1 Å². The number of carbonyl (C=O) groups is 5. The summed E-state index contributed by atoms with van der Waals surface area (Å²) in [6.07, 6.45) is 0.925. The number of aliphatic hydroxyl groups excluding tert-OH is 1. The van der Waals surface area contributed by atoms with Gasteiger partial charge in [0.1, 0.15) is 0 Å². The third-order valence-electron chi connectivity index (χ3n) is 12.0. The standard InChI is InChI=1S/C18H24BNO4.C12H12BrNO2.C10H8BrNO2.C9H8BrClO2.C9H9BrO3.CH3ClO2S.CN.Na/c1-16(2,11-20)13-8-12(15(21)22-7)9-14(10-13)19-23-17(3,4)18(5,6)24-19;1-12(2,7-14)9-4-8(11(15)16-3)5-10(13)6-9;1-12-6-7-3-8(10(13)14-2)5-9(11)4-7;2*1-13-9(12)7-2-6(5-11)3-8(10)4-7;1-5(2,3)4;1-2;/h8-10H,1-7H3;4-6H,1-3H3;3-5H,6H2,2H3;2-4H,5H2,1H3;2-4,11H,5H2,1H3;1H3;;/q;;;;;;-1;+1. The van der Waals surface area contributed by atoms with E-state index in [1.54, 1.807) is 94.4 Å². The first-order valence-corrected chi connectivity index (χ1v) is 31.3. The number of nitriles is 2. The summed E-state index contributed by atoms with van der Waals surface area (Å²) in [5, 5.41) is 33.6. The third-order valence-corrected chi connectivity index (χ3v) is 14.1. The Kier molecular flexibility index (Phi) is 38.4. The summed E-state index contributed by atoms with van der Waals surface area (Å²) in [5.74, 6) is -1.63. The van der Waals surface area contributed by atoms with E-state index in [0.29, 0.717) is 44.7 Å². The van der Waals surface area contributed by atoms with Crippen molar-refractivity contribution in [3.63, 3.8) is 0 Å². The molecule has 0 atom stereocenters. The van der Waals surface area contributed by atoms with E-state index < -0.39 is 62.1 Å². The molecule has 1 N–H and O–H groups in total. The summed E-state index contributed by atoms with van der Waals surface area (Å²) in [6.45, 7) is 26.7. The summed E-state index contributed by atoms with van der Waals surface area (Å²) < 4.78 is 57.2. The van der Waals surface area contributed by atoms with Crippen LogP contribution in [0.15, 0.2) is 109 Å². The van der Waals surface area contributed by atoms with Crippen LogP contribution in [0.3, 0.4) is 0 Å². The van der Waals surface area contributed by atoms with Gasteiger partial charge in [0.2, 0.25) is 15.6 Å². The first-order valence-electron chi connectivity index (χ1n) is 24.9. The molecule has 1 aliphatic heterocycles. The predicted molar refractivity (Wildman–Crippen MR) is 344 cm³/mol. The van der Waals surface area contributed by atoms with Gasteiger partial charge in [0.25, 0.3) is 0 Å². The summed E-state index contributed by atoms with van der Waals surface area (Å²) in [7, 11) is 7.37. The molecule has 1 saturated heterocycles. The minimum atomic E-state index is -3.19. The molecule has 466 valence electrons. The number of aliphatic hydroxyl groups is 1. The van der Waals surface area contributed by atoms with Crippen LogP contribution in [0.1, 0.15) is 135 Å². The molecule has 5 aromatic carbocycles. The maximum absolute atomic E-state index is 12.0. The van der Waals surface area contributed by atoms with Crippen molar-refractivity contribution in [2.75, 3.05) is 41.8 Å². The molecule has 28 heteroatoms. The number of carbonyl (C=O) groups excluding carboxylic acids is 5. The molecule has 88 heavy (non-hydrogen) atoms. The molecule has 0 saturated carbocycles. The van der Waals surface area contributed by atoms with E-state index in [1.807, 2.05) is 52.0 Å². The van der Waals surface area contributed by atoms with Gasteiger partial charge in [-0.3, -0.25) is 0 Å². The molecule has 0 aliphatic carbocycles. The van der Waals surface area contributed by atoms with Gasteiger partial charge in [0.15, 0.2) is 0 Å². The van der Waals surface area contributed by atoms with E-state index in [1.165, 1.54) is 35.5 Å². The Labute approximate surface area is 580 Å². The quantitative estimate of drug-likeness (QED) is 0.0321. The second kappa shape index (κ2) is 39.8. The second-order valence-corrected chi connectivity index (χ2v) is 26.9. The maximum Gasteiger partial charge on any atom is 1.00 e. The Hall–Kier alpha value is -5.20. The summed E-state index contributed by atoms with van der Waals surface area (Å²) >= 11 is 18.7. The topological polar surface area (TPSA) is 280 Å². The largest absolute Gasteiger partial charge is 1.00 e. The number of nitrogens with zero attached hydrogens (tertiary/aromatic N) is 4. The van der Waals surface area contributed by atoms with Gasteiger partial charge in [0, 0.05) is 40.0 Å². The van der Waals surface area contributed by atoms with Crippen molar-refractivity contribution in [1.29, 1.82) is 15.8 Å². The third kappa shape index (κ3) is 29.2. The van der Waals surface area contributed by atoms with Gasteiger partial charge in [-0.2, -0.15) is 10.5 Å². The number of rotatable bonds is 11. The molecule has 0 radical (unpaired) electrons. The molecule has 0 aromatic heterocycles. The van der Waals surface area contributed by atoms with Crippen molar-refractivity contribution in [2.45, 2.75) is 96.5 Å². The average Bonchev–Trinajstić information content (AvgIpc) is 2.05. The molecular formula is C60H64BBr4Cl2N4NaO15S. The SMILES string of the molecule is COC(=O)c1cc(B2OC(C)(C)C(C)(C)O2)cc(C(C)(C)C#N)c1.COC(=O)c1cc(Br)cc(C(C)(C)C#N)c1.COC(=O)c1cc(Br)cc(CCl)c1.COC(=O)c1cc(Br)cc(CO)c1.CS(=O)(=O)Cl.[C-]#N.[C-]#[N+]Cc1cc(Br)cc(C(=O)OC)c1.[Na+]. The van der Waals surface area contributed by atoms with Crippen LogP contribution >= 0.6 is 86.0 Å². The zero-order valence-corrected chi connectivity index (χ0v) is 61.7. The van der Waals surface area contributed by atoms with Gasteiger partial charge in [-0.15, -0.1) is 11.6 Å². The van der Waals surface area contributed by atoms with Crippen LogP contribution in [0.2, 0.25) is 0 Å². The fourth-order valence-electron chi connectivity index (χ4n) is 6.69. The van der Waals surface area contributed by atoms with Crippen molar-refractivity contribution < 1.29 is 100 Å². The number of methoxy groups -OCH3 is 5. The van der Waals surface area contributed by atoms with Crippen LogP contribution in [0, 0.1) is 41.1 Å². The van der Waals surface area contributed by atoms with Gasteiger partial charge in [-0.25, -0.2) is 39.0 Å². The number of halogens is 6. The number of ether oxygens (including phenoxy) is 5. The van der Waals surface area contributed by atoms with E-state index in [-0.39, 0.29) is 48.7 Å². The predicted octanol–water partition coefficient (Wildman–Crippen LogP) is 10.3. The Balaban J connectivity index is 0. The van der Waals surface area contributed by atoms with Crippen LogP contribution in [-0.2, 0) is 71.9 Å². The fourth-order valence-corrected chi connectivity index (χ4v) is 8.96. The number of benzene rings is 5. The van der Waals surface area contributed by atoms with Crippen LogP contribution in [-0.4, -0.2) is 103 Å². The first-order chi connectivity index (χ1) is 40.3. The Morgan fingerprint density at radius 2 is 0.864 bits per heavy atom. The van der Waals surface area contributed by atoms with Gasteiger partial charge >= 0.3 is 66.5 Å². The van der Waals surface area contributed by atoms with E-state index in [9.17, 15) is 37.7 Å². The maximum atomic E-state index is 12.0. The molecule has 0 unspecified atom stereocenters. The fraction of sp³-hybridized carbons (Fsp3) is 0.350. The second-order valence-electron chi connectivity index (χ2n) is 19.9. The minimum absolute atomic E-state index is 0. The Bertz CT molecular complexity index is 3410. The van der Waals surface area contributed by atoms with Gasteiger partial charge in [-0.05, 0) is 168 Å². The molecule has 0 spiro atoms. The minimum Gasteiger partial charge on any atom is -0.512 e. The monoisotopic (exact) mass is 1530 g/mol. The summed E-state index contributed by atoms with van der Waals surface area (Å²) in [4.78, 5) is 60.1. The molecule has 1 heterocycles. The van der Waals surface area contributed by atoms with Crippen molar-refractivity contribution in [1.82, 2.24) is 0 Å². The first kappa shape index (κ1) is 84.9. The molecule has 5 aromatic rings. The number of hydrogen-bond acceptors (Lipinski definition) is 18. The number of esters is 5. The molecule has 0 bridgehead atoms. The average molecular weight is 1540 g/mol. The summed E-state index contributed by atoms with van der Waals surface area (Å²) in [5.41, 5.74) is 4.44. The smallest absolute Gasteiger partial charge is 0.512 e. The van der Waals surface area contributed by atoms with Crippen LogP contribution in [0.25, 0.3) is 4.85 Å². The van der Waals surface area contributed by atoms with Crippen LogP contribution < -0.4 is 35.0 Å². The van der Waals surface area contributed by atoms with Gasteiger partial charge in [0.05, 0.1) is 110 Å².